The largest absolute Gasteiger partial charge is 0.417 e. The van der Waals surface area contributed by atoms with Crippen molar-refractivity contribution >= 4 is 29.0 Å². The number of nitrogens with one attached hydrogen (secondary N) is 1. The van der Waals surface area contributed by atoms with Gasteiger partial charge in [-0.05, 0) is 43.0 Å². The van der Waals surface area contributed by atoms with Gasteiger partial charge in [-0.2, -0.15) is 13.2 Å². The van der Waals surface area contributed by atoms with Crippen LogP contribution in [0, 0.1) is 0 Å². The van der Waals surface area contributed by atoms with E-state index in [2.05, 4.69) is 10.3 Å². The number of benzene rings is 1. The molecule has 0 saturated heterocycles. The molecule has 1 amide bonds. The first kappa shape index (κ1) is 18.3. The Hall–Kier alpha value is -2.48. The molecule has 0 saturated carbocycles. The zero-order chi connectivity index (χ0) is 18.9. The Balaban J connectivity index is 2.05. The lowest BCUT2D eigenvalue weighted by atomic mass is 10.2. The van der Waals surface area contributed by atoms with Crippen LogP contribution in [0.3, 0.4) is 0 Å². The molecule has 1 aromatic carbocycles. The van der Waals surface area contributed by atoms with Crippen molar-refractivity contribution in [2.45, 2.75) is 24.4 Å². The van der Waals surface area contributed by atoms with E-state index in [1.165, 1.54) is 22.2 Å². The molecule has 0 aliphatic carbocycles. The van der Waals surface area contributed by atoms with E-state index in [1.54, 1.807) is 25.1 Å². The van der Waals surface area contributed by atoms with Crippen molar-refractivity contribution in [3.05, 3.63) is 59.5 Å². The second-order valence-electron chi connectivity index (χ2n) is 5.59. The van der Waals surface area contributed by atoms with Gasteiger partial charge in [-0.25, -0.2) is 4.98 Å². The summed E-state index contributed by atoms with van der Waals surface area (Å²) in [5.74, 6) is -0.494. The van der Waals surface area contributed by atoms with Crippen LogP contribution < -0.4 is 5.32 Å². The lowest BCUT2D eigenvalue weighted by Crippen LogP contribution is -2.17. The van der Waals surface area contributed by atoms with E-state index in [9.17, 15) is 18.0 Å². The summed E-state index contributed by atoms with van der Waals surface area (Å²) in [4.78, 5) is 18.0. The number of carbonyl (C=O) groups is 1. The number of pyridine rings is 1. The zero-order valence-corrected chi connectivity index (χ0v) is 14.9. The second-order valence-corrected chi connectivity index (χ2v) is 6.47. The summed E-state index contributed by atoms with van der Waals surface area (Å²) in [5.41, 5.74) is 0.609. The lowest BCUT2D eigenvalue weighted by Gasteiger charge is -2.10. The van der Waals surface area contributed by atoms with Gasteiger partial charge in [-0.1, -0.05) is 13.0 Å². The molecule has 0 unspecified atom stereocenters. The number of hydrogen-bond donors (Lipinski definition) is 1. The Labute approximate surface area is 152 Å². The van der Waals surface area contributed by atoms with E-state index in [0.29, 0.717) is 23.4 Å². The molecule has 26 heavy (non-hydrogen) atoms. The van der Waals surface area contributed by atoms with Gasteiger partial charge in [0, 0.05) is 16.8 Å². The summed E-state index contributed by atoms with van der Waals surface area (Å²) in [6.45, 7) is 1.80. The fourth-order valence-corrected chi connectivity index (χ4v) is 3.10. The molecular formula is C18H16F3N3OS. The predicted molar refractivity (Wildman–Crippen MR) is 95.7 cm³/mol. The number of amides is 1. The van der Waals surface area contributed by atoms with Crippen LogP contribution in [0.25, 0.3) is 5.65 Å². The minimum absolute atomic E-state index is 0.114. The molecule has 8 heteroatoms. The maximum atomic E-state index is 13.0. The lowest BCUT2D eigenvalue weighted by molar-refractivity contribution is -0.137. The molecule has 0 fully saturated rings. The molecule has 4 nitrogen and oxygen atoms in total. The van der Waals surface area contributed by atoms with Crippen molar-refractivity contribution in [3.63, 3.8) is 0 Å². The van der Waals surface area contributed by atoms with Crippen LogP contribution in [0.15, 0.2) is 47.5 Å². The molecule has 136 valence electrons. The van der Waals surface area contributed by atoms with Crippen molar-refractivity contribution < 1.29 is 18.0 Å². The van der Waals surface area contributed by atoms with Gasteiger partial charge >= 0.3 is 6.18 Å². The minimum atomic E-state index is -4.49. The first-order valence-electron chi connectivity index (χ1n) is 7.87. The van der Waals surface area contributed by atoms with Gasteiger partial charge in [-0.15, -0.1) is 11.8 Å². The number of imidazole rings is 1. The molecule has 3 rings (SSSR count). The van der Waals surface area contributed by atoms with Crippen LogP contribution in [0.5, 0.6) is 0 Å². The van der Waals surface area contributed by atoms with E-state index in [-0.39, 0.29) is 5.69 Å². The third kappa shape index (κ3) is 3.55. The summed E-state index contributed by atoms with van der Waals surface area (Å²) in [6.07, 6.45) is -1.24. The summed E-state index contributed by atoms with van der Waals surface area (Å²) < 4.78 is 40.3. The summed E-state index contributed by atoms with van der Waals surface area (Å²) >= 11 is 1.53. The fourth-order valence-electron chi connectivity index (χ4n) is 2.64. The van der Waals surface area contributed by atoms with Crippen molar-refractivity contribution in [2.24, 2.45) is 0 Å². The Morgan fingerprint density at radius 2 is 2.04 bits per heavy atom. The number of anilines is 1. The van der Waals surface area contributed by atoms with Gasteiger partial charge in [0.25, 0.3) is 5.91 Å². The number of hydrogen-bond acceptors (Lipinski definition) is 3. The Morgan fingerprint density at radius 3 is 2.69 bits per heavy atom. The normalized spacial score (nSPS) is 11.7. The molecule has 0 atom stereocenters. The van der Waals surface area contributed by atoms with Crippen LogP contribution in [0.4, 0.5) is 18.9 Å². The summed E-state index contributed by atoms with van der Waals surface area (Å²) in [6, 6.07) is 9.48. The van der Waals surface area contributed by atoms with E-state index < -0.39 is 17.6 Å². The first-order valence-corrected chi connectivity index (χ1v) is 9.09. The molecule has 2 aromatic heterocycles. The second kappa shape index (κ2) is 7.03. The number of nitrogens with zero attached hydrogens (tertiary/aromatic N) is 2. The summed E-state index contributed by atoms with van der Waals surface area (Å²) in [7, 11) is 0. The molecule has 0 radical (unpaired) electrons. The third-order valence-corrected chi connectivity index (χ3v) is 4.62. The van der Waals surface area contributed by atoms with Gasteiger partial charge in [0.05, 0.1) is 11.3 Å². The predicted octanol–water partition coefficient (Wildman–Crippen LogP) is 4.89. The number of rotatable bonds is 4. The Kier molecular flexibility index (Phi) is 4.95. The van der Waals surface area contributed by atoms with Crippen LogP contribution in [0.2, 0.25) is 0 Å². The number of fused-ring (bicyclic) bond motifs is 1. The zero-order valence-electron chi connectivity index (χ0n) is 14.1. The van der Waals surface area contributed by atoms with E-state index in [1.807, 2.05) is 12.3 Å². The highest BCUT2D eigenvalue weighted by atomic mass is 32.2. The van der Waals surface area contributed by atoms with Crippen molar-refractivity contribution in [1.82, 2.24) is 9.38 Å². The first-order chi connectivity index (χ1) is 12.3. The number of aryl methyl sites for hydroxylation is 1. The maximum absolute atomic E-state index is 13.0. The summed E-state index contributed by atoms with van der Waals surface area (Å²) in [5, 5.41) is 2.75. The molecular weight excluding hydrogens is 363 g/mol. The fraction of sp³-hybridized carbons (Fsp3) is 0.222. The Bertz CT molecular complexity index is 966. The van der Waals surface area contributed by atoms with Gasteiger partial charge in [0.15, 0.2) is 0 Å². The monoisotopic (exact) mass is 379 g/mol. The van der Waals surface area contributed by atoms with Gasteiger partial charge in [0.2, 0.25) is 0 Å². The molecule has 1 N–H and O–H groups in total. The van der Waals surface area contributed by atoms with Gasteiger partial charge in [0.1, 0.15) is 11.3 Å². The van der Waals surface area contributed by atoms with Gasteiger partial charge < -0.3 is 5.32 Å². The molecule has 0 spiro atoms. The standard InChI is InChI=1S/C18H16F3N3OS/c1-3-14-16(17(25)22-12-5-4-6-13(9-12)26-2)24-10-11(18(19,20)21)7-8-15(24)23-14/h4-10H,3H2,1-2H3,(H,22,25). The quantitative estimate of drug-likeness (QED) is 0.657. The van der Waals surface area contributed by atoms with Gasteiger partial charge in [-0.3, -0.25) is 9.20 Å². The van der Waals surface area contributed by atoms with E-state index >= 15 is 0 Å². The topological polar surface area (TPSA) is 46.4 Å². The number of thioether (sulfide) groups is 1. The Morgan fingerprint density at radius 1 is 1.27 bits per heavy atom. The SMILES string of the molecule is CCc1nc2ccc(C(F)(F)F)cn2c1C(=O)Nc1cccc(SC)c1. The molecule has 2 heterocycles. The van der Waals surface area contributed by atoms with Crippen molar-refractivity contribution in [1.29, 1.82) is 0 Å². The van der Waals surface area contributed by atoms with Crippen molar-refractivity contribution in [3.8, 4) is 0 Å². The van der Waals surface area contributed by atoms with E-state index in [0.717, 1.165) is 17.2 Å². The van der Waals surface area contributed by atoms with Crippen LogP contribution in [0.1, 0.15) is 28.7 Å². The highest BCUT2D eigenvalue weighted by Gasteiger charge is 2.31. The third-order valence-electron chi connectivity index (χ3n) is 3.90. The number of aromatic nitrogens is 2. The molecule has 0 aliphatic heterocycles. The average Bonchev–Trinajstić information content (AvgIpc) is 2.99. The maximum Gasteiger partial charge on any atom is 0.417 e. The average molecular weight is 379 g/mol. The van der Waals surface area contributed by atoms with E-state index in [4.69, 9.17) is 0 Å². The number of alkyl halides is 3. The molecule has 0 aliphatic rings. The van der Waals surface area contributed by atoms with Crippen molar-refractivity contribution in [2.75, 3.05) is 11.6 Å². The van der Waals surface area contributed by atoms with Crippen LogP contribution in [-0.4, -0.2) is 21.5 Å². The van der Waals surface area contributed by atoms with Crippen LogP contribution in [-0.2, 0) is 12.6 Å². The minimum Gasteiger partial charge on any atom is -0.321 e. The molecule has 0 bridgehead atoms. The number of halogens is 3. The smallest absolute Gasteiger partial charge is 0.321 e. The highest BCUT2D eigenvalue weighted by molar-refractivity contribution is 7.98. The van der Waals surface area contributed by atoms with Crippen LogP contribution >= 0.6 is 11.8 Å². The number of carbonyl (C=O) groups excluding carboxylic acids is 1. The highest BCUT2D eigenvalue weighted by Crippen LogP contribution is 2.30. The molecule has 3 aromatic rings.